The number of ether oxygens (including phenoxy) is 1. The van der Waals surface area contributed by atoms with Gasteiger partial charge in [0.25, 0.3) is 5.91 Å². The van der Waals surface area contributed by atoms with E-state index in [1.165, 1.54) is 22.5 Å². The highest BCUT2D eigenvalue weighted by Gasteiger charge is 2.33. The van der Waals surface area contributed by atoms with Crippen molar-refractivity contribution in [2.24, 2.45) is 0 Å². The lowest BCUT2D eigenvalue weighted by Gasteiger charge is -2.34. The molecular formula is C18H26ClN3O5S. The van der Waals surface area contributed by atoms with Crippen LogP contribution in [0.1, 0.15) is 37.6 Å². The molecule has 2 rings (SSSR count). The van der Waals surface area contributed by atoms with Crippen LogP contribution in [0.4, 0.5) is 0 Å². The Kier molecular flexibility index (Phi) is 7.82. The van der Waals surface area contributed by atoms with Gasteiger partial charge in [-0.25, -0.2) is 8.42 Å². The second-order valence-electron chi connectivity index (χ2n) is 6.76. The molecule has 0 saturated carbocycles. The number of nitrogens with one attached hydrogen (secondary N) is 2. The highest BCUT2D eigenvalue weighted by atomic mass is 35.5. The summed E-state index contributed by atoms with van der Waals surface area (Å²) in [6, 6.07) is 4.03. The average Bonchev–Trinajstić information content (AvgIpc) is 2.63. The zero-order valence-corrected chi connectivity index (χ0v) is 17.8. The molecule has 2 amide bonds. The van der Waals surface area contributed by atoms with E-state index in [4.69, 9.17) is 16.3 Å². The van der Waals surface area contributed by atoms with Gasteiger partial charge in [-0.3, -0.25) is 9.59 Å². The molecule has 1 fully saturated rings. The van der Waals surface area contributed by atoms with Gasteiger partial charge >= 0.3 is 0 Å². The maximum Gasteiger partial charge on any atom is 0.251 e. The number of carbonyl (C=O) groups excluding carboxylic acids is 2. The highest BCUT2D eigenvalue weighted by molar-refractivity contribution is 7.89. The Labute approximate surface area is 170 Å². The van der Waals surface area contributed by atoms with Gasteiger partial charge in [0.05, 0.1) is 23.8 Å². The molecule has 0 bridgehead atoms. The van der Waals surface area contributed by atoms with Crippen LogP contribution in [-0.4, -0.2) is 62.9 Å². The van der Waals surface area contributed by atoms with Crippen LogP contribution in [-0.2, 0) is 19.6 Å². The molecular weight excluding hydrogens is 406 g/mol. The Balaban J connectivity index is 2.18. The third kappa shape index (κ3) is 5.66. The van der Waals surface area contributed by atoms with E-state index >= 15 is 0 Å². The molecule has 10 heteroatoms. The van der Waals surface area contributed by atoms with Crippen molar-refractivity contribution in [1.29, 1.82) is 0 Å². The van der Waals surface area contributed by atoms with Gasteiger partial charge in [0.15, 0.2) is 0 Å². The van der Waals surface area contributed by atoms with Crippen molar-refractivity contribution < 1.29 is 22.7 Å². The number of sulfonamides is 1. The average molecular weight is 432 g/mol. The molecule has 0 spiro atoms. The number of morpholine rings is 1. The number of halogens is 1. The van der Waals surface area contributed by atoms with Crippen molar-refractivity contribution in [3.05, 3.63) is 28.8 Å². The molecule has 0 aliphatic carbocycles. The van der Waals surface area contributed by atoms with Crippen LogP contribution in [0.3, 0.4) is 0 Å². The molecule has 2 N–H and O–H groups in total. The fourth-order valence-electron chi connectivity index (χ4n) is 2.90. The second kappa shape index (κ2) is 9.69. The first kappa shape index (κ1) is 22.6. The maximum atomic E-state index is 13.0. The Bertz CT molecular complexity index is 821. The fraction of sp³-hybridized carbons (Fsp3) is 0.556. The first-order valence-electron chi connectivity index (χ1n) is 9.15. The van der Waals surface area contributed by atoms with Gasteiger partial charge in [-0.1, -0.05) is 18.5 Å². The van der Waals surface area contributed by atoms with Crippen molar-refractivity contribution in [1.82, 2.24) is 14.9 Å². The quantitative estimate of drug-likeness (QED) is 0.678. The first-order chi connectivity index (χ1) is 13.1. The number of hydrogen-bond donors (Lipinski definition) is 2. The molecule has 1 heterocycles. The first-order valence-corrected chi connectivity index (χ1v) is 11.0. The minimum atomic E-state index is -3.90. The van der Waals surface area contributed by atoms with Crippen molar-refractivity contribution in [3.63, 3.8) is 0 Å². The Morgan fingerprint density at radius 2 is 1.86 bits per heavy atom. The number of benzene rings is 1. The summed E-state index contributed by atoms with van der Waals surface area (Å²) in [7, 11) is -3.90. The molecule has 0 radical (unpaired) electrons. The van der Waals surface area contributed by atoms with Gasteiger partial charge in [0, 0.05) is 25.2 Å². The van der Waals surface area contributed by atoms with E-state index in [0.717, 1.165) is 6.42 Å². The van der Waals surface area contributed by atoms with Crippen molar-refractivity contribution in [2.75, 3.05) is 26.2 Å². The van der Waals surface area contributed by atoms with Crippen LogP contribution < -0.4 is 10.6 Å². The lowest BCUT2D eigenvalue weighted by molar-refractivity contribution is -0.120. The van der Waals surface area contributed by atoms with Gasteiger partial charge in [-0.15, -0.1) is 0 Å². The maximum absolute atomic E-state index is 13.0. The van der Waals surface area contributed by atoms with Crippen molar-refractivity contribution in [3.8, 4) is 0 Å². The predicted molar refractivity (Wildman–Crippen MR) is 106 cm³/mol. The van der Waals surface area contributed by atoms with Gasteiger partial charge in [0.2, 0.25) is 15.9 Å². The predicted octanol–water partition coefficient (Wildman–Crippen LogP) is 1.39. The molecule has 1 aromatic carbocycles. The zero-order valence-electron chi connectivity index (χ0n) is 16.2. The fourth-order valence-corrected chi connectivity index (χ4v) is 4.99. The number of rotatable bonds is 7. The summed E-state index contributed by atoms with van der Waals surface area (Å²) >= 11 is 6.13. The van der Waals surface area contributed by atoms with E-state index in [1.807, 2.05) is 6.92 Å². The number of nitrogens with zero attached hydrogens (tertiary/aromatic N) is 1. The lowest BCUT2D eigenvalue weighted by atomic mass is 10.2. The summed E-state index contributed by atoms with van der Waals surface area (Å²) in [6.45, 7) is 6.26. The van der Waals surface area contributed by atoms with Crippen LogP contribution in [0, 0.1) is 0 Å². The molecule has 2 atom stereocenters. The SMILES string of the molecule is CCCNC(=O)CNC(=O)c1ccc(Cl)c(S(=O)(=O)N2CC(C)OC(C)C2)c1. The molecule has 1 aliphatic rings. The van der Waals surface area contributed by atoms with Crippen molar-refractivity contribution >= 4 is 33.4 Å². The standard InChI is InChI=1S/C18H26ClN3O5S/c1-4-7-20-17(23)9-21-18(24)14-5-6-15(19)16(8-14)28(25,26)22-10-12(2)27-13(3)11-22/h5-6,8,12-13H,4,7,9-11H2,1-3H3,(H,20,23)(H,21,24). The van der Waals surface area contributed by atoms with E-state index in [2.05, 4.69) is 10.6 Å². The molecule has 28 heavy (non-hydrogen) atoms. The summed E-state index contributed by atoms with van der Waals surface area (Å²) < 4.78 is 33.0. The smallest absolute Gasteiger partial charge is 0.251 e. The van der Waals surface area contributed by atoms with Crippen LogP contribution in [0.5, 0.6) is 0 Å². The van der Waals surface area contributed by atoms with Crippen LogP contribution >= 0.6 is 11.6 Å². The number of amides is 2. The Morgan fingerprint density at radius 3 is 2.46 bits per heavy atom. The minimum Gasteiger partial charge on any atom is -0.373 e. The topological polar surface area (TPSA) is 105 Å². The van der Waals surface area contributed by atoms with E-state index in [-0.39, 0.29) is 53.2 Å². The normalized spacial score (nSPS) is 20.6. The summed E-state index contributed by atoms with van der Waals surface area (Å²) in [4.78, 5) is 23.8. The largest absolute Gasteiger partial charge is 0.373 e. The van der Waals surface area contributed by atoms with Crippen molar-refractivity contribution in [2.45, 2.75) is 44.3 Å². The second-order valence-corrected chi connectivity index (χ2v) is 9.07. The number of carbonyl (C=O) groups is 2. The zero-order chi connectivity index (χ0) is 20.9. The lowest BCUT2D eigenvalue weighted by Crippen LogP contribution is -2.48. The summed E-state index contributed by atoms with van der Waals surface area (Å²) in [5, 5.41) is 5.15. The molecule has 156 valence electrons. The van der Waals surface area contributed by atoms with E-state index in [9.17, 15) is 18.0 Å². The summed E-state index contributed by atoms with van der Waals surface area (Å²) in [6.07, 6.45) is 0.299. The minimum absolute atomic E-state index is 0.0315. The van der Waals surface area contributed by atoms with Crippen LogP contribution in [0.15, 0.2) is 23.1 Å². The van der Waals surface area contributed by atoms with E-state index in [0.29, 0.717) is 6.54 Å². The van der Waals surface area contributed by atoms with Crippen LogP contribution in [0.2, 0.25) is 5.02 Å². The van der Waals surface area contributed by atoms with Gasteiger partial charge in [-0.05, 0) is 38.5 Å². The molecule has 1 aliphatic heterocycles. The molecule has 1 saturated heterocycles. The highest BCUT2D eigenvalue weighted by Crippen LogP contribution is 2.28. The van der Waals surface area contributed by atoms with Gasteiger partial charge in [-0.2, -0.15) is 4.31 Å². The van der Waals surface area contributed by atoms with Crippen LogP contribution in [0.25, 0.3) is 0 Å². The van der Waals surface area contributed by atoms with E-state index < -0.39 is 15.9 Å². The summed E-state index contributed by atoms with van der Waals surface area (Å²) in [5.74, 6) is -0.864. The van der Waals surface area contributed by atoms with Gasteiger partial charge < -0.3 is 15.4 Å². The summed E-state index contributed by atoms with van der Waals surface area (Å²) in [5.41, 5.74) is 0.112. The molecule has 0 aromatic heterocycles. The molecule has 1 aromatic rings. The van der Waals surface area contributed by atoms with Gasteiger partial charge in [0.1, 0.15) is 4.90 Å². The molecule has 2 unspecified atom stereocenters. The Hall–Kier alpha value is -1.68. The molecule has 8 nitrogen and oxygen atoms in total. The van der Waals surface area contributed by atoms with E-state index in [1.54, 1.807) is 13.8 Å². The Morgan fingerprint density at radius 1 is 1.21 bits per heavy atom. The monoisotopic (exact) mass is 431 g/mol. The third-order valence-corrected chi connectivity index (χ3v) is 6.49. The number of hydrogen-bond acceptors (Lipinski definition) is 5. The third-order valence-electron chi connectivity index (χ3n) is 4.18.